The van der Waals surface area contributed by atoms with E-state index >= 15 is 0 Å². The molecule has 0 bridgehead atoms. The Morgan fingerprint density at radius 2 is 2.07 bits per heavy atom. The molecule has 0 radical (unpaired) electrons. The lowest BCUT2D eigenvalue weighted by molar-refractivity contribution is 0.339. The van der Waals surface area contributed by atoms with Gasteiger partial charge in [-0.05, 0) is 38.0 Å². The fourth-order valence-electron chi connectivity index (χ4n) is 1.28. The van der Waals surface area contributed by atoms with Crippen LogP contribution in [0, 0.1) is 0 Å². The first-order chi connectivity index (χ1) is 6.60. The maximum Gasteiger partial charge on any atom is 0.119 e. The molecule has 0 saturated carbocycles. The molecular weight excluding hydrogens is 196 g/mol. The van der Waals surface area contributed by atoms with Crippen LogP contribution in [0.25, 0.3) is 0 Å². The first-order valence-electron chi connectivity index (χ1n) is 5.02. The number of rotatable bonds is 4. The minimum Gasteiger partial charge on any atom is -0.494 e. The van der Waals surface area contributed by atoms with Crippen molar-refractivity contribution in [1.82, 2.24) is 0 Å². The van der Waals surface area contributed by atoms with Crippen LogP contribution in [0.5, 0.6) is 5.75 Å². The van der Waals surface area contributed by atoms with Gasteiger partial charge in [-0.3, -0.25) is 0 Å². The van der Waals surface area contributed by atoms with Crippen LogP contribution in [-0.2, 0) is 4.87 Å². The van der Waals surface area contributed by atoms with Crippen LogP contribution in [-0.4, -0.2) is 6.61 Å². The highest BCUT2D eigenvalue weighted by molar-refractivity contribution is 6.23. The second-order valence-electron chi connectivity index (χ2n) is 3.51. The van der Waals surface area contributed by atoms with Crippen LogP contribution in [0.1, 0.15) is 32.8 Å². The van der Waals surface area contributed by atoms with Crippen molar-refractivity contribution < 1.29 is 4.74 Å². The highest BCUT2D eigenvalue weighted by Crippen LogP contribution is 2.33. The normalized spacial score (nSPS) is 14.9. The standard InChI is InChI=1S/C12H17ClO/c1-4-12(3,13)10-7-6-8-11(9-10)14-5-2/h6-9H,4-5H2,1-3H3. The van der Waals surface area contributed by atoms with Gasteiger partial charge in [0.2, 0.25) is 0 Å². The Morgan fingerprint density at radius 1 is 1.36 bits per heavy atom. The summed E-state index contributed by atoms with van der Waals surface area (Å²) in [6.45, 7) is 6.78. The number of halogens is 1. The van der Waals surface area contributed by atoms with Gasteiger partial charge in [-0.15, -0.1) is 11.6 Å². The van der Waals surface area contributed by atoms with E-state index in [-0.39, 0.29) is 4.87 Å². The molecule has 2 heteroatoms. The van der Waals surface area contributed by atoms with E-state index in [9.17, 15) is 0 Å². The molecule has 1 nitrogen and oxygen atoms in total. The maximum atomic E-state index is 6.36. The molecule has 1 aromatic rings. The number of hydrogen-bond donors (Lipinski definition) is 0. The third-order valence-corrected chi connectivity index (χ3v) is 2.90. The summed E-state index contributed by atoms with van der Waals surface area (Å²) in [6, 6.07) is 7.99. The van der Waals surface area contributed by atoms with Gasteiger partial charge in [0, 0.05) is 0 Å². The van der Waals surface area contributed by atoms with E-state index in [1.54, 1.807) is 0 Å². The van der Waals surface area contributed by atoms with E-state index in [0.717, 1.165) is 17.7 Å². The number of alkyl halides is 1. The predicted molar refractivity (Wildman–Crippen MR) is 61.1 cm³/mol. The topological polar surface area (TPSA) is 9.23 Å². The van der Waals surface area contributed by atoms with Crippen molar-refractivity contribution in [2.45, 2.75) is 32.1 Å². The summed E-state index contributed by atoms with van der Waals surface area (Å²) in [5, 5.41) is 0. The van der Waals surface area contributed by atoms with Gasteiger partial charge in [-0.1, -0.05) is 19.1 Å². The number of benzene rings is 1. The van der Waals surface area contributed by atoms with Gasteiger partial charge >= 0.3 is 0 Å². The minimum absolute atomic E-state index is 0.285. The molecule has 0 heterocycles. The van der Waals surface area contributed by atoms with Crippen molar-refractivity contribution >= 4 is 11.6 Å². The van der Waals surface area contributed by atoms with Crippen molar-refractivity contribution in [1.29, 1.82) is 0 Å². The molecule has 0 aliphatic heterocycles. The summed E-state index contributed by atoms with van der Waals surface area (Å²) in [4.78, 5) is -0.285. The van der Waals surface area contributed by atoms with E-state index < -0.39 is 0 Å². The van der Waals surface area contributed by atoms with Crippen LogP contribution in [0.2, 0.25) is 0 Å². The molecular formula is C12H17ClO. The van der Waals surface area contributed by atoms with Crippen molar-refractivity contribution in [2.75, 3.05) is 6.61 Å². The minimum atomic E-state index is -0.285. The van der Waals surface area contributed by atoms with Gasteiger partial charge in [-0.25, -0.2) is 0 Å². The van der Waals surface area contributed by atoms with Gasteiger partial charge in [0.15, 0.2) is 0 Å². The molecule has 14 heavy (non-hydrogen) atoms. The lowest BCUT2D eigenvalue weighted by atomic mass is 9.97. The van der Waals surface area contributed by atoms with E-state index in [2.05, 4.69) is 6.92 Å². The van der Waals surface area contributed by atoms with E-state index in [1.165, 1.54) is 0 Å². The van der Waals surface area contributed by atoms with Gasteiger partial charge in [0.25, 0.3) is 0 Å². The molecule has 0 aliphatic carbocycles. The first-order valence-corrected chi connectivity index (χ1v) is 5.40. The zero-order valence-corrected chi connectivity index (χ0v) is 9.77. The van der Waals surface area contributed by atoms with Crippen LogP contribution < -0.4 is 4.74 Å². The largest absolute Gasteiger partial charge is 0.494 e. The van der Waals surface area contributed by atoms with Crippen molar-refractivity contribution in [2.24, 2.45) is 0 Å². The third kappa shape index (κ3) is 2.65. The molecule has 0 saturated heterocycles. The lowest BCUT2D eigenvalue weighted by Crippen LogP contribution is -2.11. The number of hydrogen-bond acceptors (Lipinski definition) is 1. The fraction of sp³-hybridized carbons (Fsp3) is 0.500. The molecule has 1 atom stereocenters. The predicted octanol–water partition coefficient (Wildman–Crippen LogP) is 3.95. The van der Waals surface area contributed by atoms with Crippen molar-refractivity contribution in [3.05, 3.63) is 29.8 Å². The molecule has 1 rings (SSSR count). The quantitative estimate of drug-likeness (QED) is 0.687. The van der Waals surface area contributed by atoms with Crippen LogP contribution in [0.4, 0.5) is 0 Å². The van der Waals surface area contributed by atoms with Crippen molar-refractivity contribution in [3.8, 4) is 5.75 Å². The summed E-state index contributed by atoms with van der Waals surface area (Å²) >= 11 is 6.36. The summed E-state index contributed by atoms with van der Waals surface area (Å²) in [5.41, 5.74) is 1.12. The van der Waals surface area contributed by atoms with E-state index in [1.807, 2.05) is 38.1 Å². The second kappa shape index (κ2) is 4.70. The summed E-state index contributed by atoms with van der Waals surface area (Å²) in [5.74, 6) is 0.894. The molecule has 78 valence electrons. The summed E-state index contributed by atoms with van der Waals surface area (Å²) < 4.78 is 5.43. The Labute approximate surface area is 91.0 Å². The van der Waals surface area contributed by atoms with Crippen LogP contribution >= 0.6 is 11.6 Å². The van der Waals surface area contributed by atoms with Gasteiger partial charge in [-0.2, -0.15) is 0 Å². The van der Waals surface area contributed by atoms with Crippen LogP contribution in [0.3, 0.4) is 0 Å². The Bertz CT molecular complexity index is 294. The van der Waals surface area contributed by atoms with E-state index in [4.69, 9.17) is 16.3 Å². The average molecular weight is 213 g/mol. The molecule has 1 unspecified atom stereocenters. The SMILES string of the molecule is CCOc1cccc(C(C)(Cl)CC)c1. The Kier molecular flexibility index (Phi) is 3.82. The number of ether oxygens (including phenoxy) is 1. The molecule has 0 N–H and O–H groups in total. The van der Waals surface area contributed by atoms with Crippen molar-refractivity contribution in [3.63, 3.8) is 0 Å². The van der Waals surface area contributed by atoms with Gasteiger partial charge in [0.1, 0.15) is 5.75 Å². The Hall–Kier alpha value is -0.690. The molecule has 0 amide bonds. The van der Waals surface area contributed by atoms with E-state index in [0.29, 0.717) is 6.61 Å². The lowest BCUT2D eigenvalue weighted by Gasteiger charge is -2.21. The summed E-state index contributed by atoms with van der Waals surface area (Å²) in [6.07, 6.45) is 0.907. The molecule has 0 fully saturated rings. The average Bonchev–Trinajstić information content (AvgIpc) is 2.19. The third-order valence-electron chi connectivity index (χ3n) is 2.41. The molecule has 0 spiro atoms. The Morgan fingerprint density at radius 3 is 2.64 bits per heavy atom. The molecule has 1 aromatic carbocycles. The Balaban J connectivity index is 2.93. The zero-order valence-electron chi connectivity index (χ0n) is 9.01. The zero-order chi connectivity index (χ0) is 10.6. The fourth-order valence-corrected chi connectivity index (χ4v) is 1.40. The molecule has 0 aromatic heterocycles. The first kappa shape index (κ1) is 11.4. The highest BCUT2D eigenvalue weighted by Gasteiger charge is 2.20. The summed E-state index contributed by atoms with van der Waals surface area (Å²) in [7, 11) is 0. The van der Waals surface area contributed by atoms with Crippen LogP contribution in [0.15, 0.2) is 24.3 Å². The smallest absolute Gasteiger partial charge is 0.119 e. The second-order valence-corrected chi connectivity index (χ2v) is 4.35. The van der Waals surface area contributed by atoms with Gasteiger partial charge < -0.3 is 4.74 Å². The molecule has 0 aliphatic rings. The maximum absolute atomic E-state index is 6.36. The monoisotopic (exact) mass is 212 g/mol. The highest BCUT2D eigenvalue weighted by atomic mass is 35.5. The van der Waals surface area contributed by atoms with Gasteiger partial charge in [0.05, 0.1) is 11.5 Å².